The smallest absolute Gasteiger partial charge is 0.254 e. The van der Waals surface area contributed by atoms with Crippen LogP contribution >= 0.6 is 0 Å². The summed E-state index contributed by atoms with van der Waals surface area (Å²) in [5.74, 6) is 0.977. The summed E-state index contributed by atoms with van der Waals surface area (Å²) in [4.78, 5) is 37.4. The van der Waals surface area contributed by atoms with Gasteiger partial charge < -0.3 is 15.3 Å². The highest BCUT2D eigenvalue weighted by Crippen LogP contribution is 2.34. The maximum absolute atomic E-state index is 13.0. The topological polar surface area (TPSA) is 103 Å². The van der Waals surface area contributed by atoms with Crippen LogP contribution in [-0.2, 0) is 17.9 Å². The molecular formula is C25H28N6O3. The van der Waals surface area contributed by atoms with E-state index in [0.29, 0.717) is 30.9 Å². The third kappa shape index (κ3) is 3.74. The van der Waals surface area contributed by atoms with Crippen molar-refractivity contribution < 1.29 is 14.7 Å². The van der Waals surface area contributed by atoms with Crippen LogP contribution in [0.1, 0.15) is 58.8 Å². The van der Waals surface area contributed by atoms with Gasteiger partial charge in [0.1, 0.15) is 6.23 Å². The zero-order chi connectivity index (χ0) is 23.2. The summed E-state index contributed by atoms with van der Waals surface area (Å²) in [7, 11) is 0. The van der Waals surface area contributed by atoms with Crippen molar-refractivity contribution in [2.75, 3.05) is 13.1 Å². The van der Waals surface area contributed by atoms with Crippen molar-refractivity contribution in [1.29, 1.82) is 0 Å². The molecule has 3 aromatic rings. The number of aromatic nitrogens is 3. The van der Waals surface area contributed by atoms with E-state index in [1.807, 2.05) is 28.9 Å². The normalized spacial score (nSPS) is 24.0. The first-order chi connectivity index (χ1) is 16.6. The lowest BCUT2D eigenvalue weighted by Gasteiger charge is -2.35. The summed E-state index contributed by atoms with van der Waals surface area (Å²) in [5, 5.41) is 12.8. The van der Waals surface area contributed by atoms with Crippen LogP contribution in [0.15, 0.2) is 42.9 Å². The Bertz CT molecular complexity index is 1250. The number of nitrogens with one attached hydrogen (secondary N) is 1. The monoisotopic (exact) mass is 460 g/mol. The van der Waals surface area contributed by atoms with Crippen LogP contribution in [0.5, 0.6) is 0 Å². The minimum Gasteiger partial charge on any atom is -0.372 e. The highest BCUT2D eigenvalue weighted by atomic mass is 16.3. The molecule has 3 aliphatic heterocycles. The molecule has 9 heteroatoms. The average Bonchev–Trinajstić information content (AvgIpc) is 3.40. The Morgan fingerprint density at radius 2 is 1.97 bits per heavy atom. The Hall–Kier alpha value is -3.30. The lowest BCUT2D eigenvalue weighted by molar-refractivity contribution is -0.129. The van der Waals surface area contributed by atoms with Gasteiger partial charge in [-0.1, -0.05) is 12.1 Å². The summed E-state index contributed by atoms with van der Waals surface area (Å²) in [6.45, 7) is 3.36. The molecule has 9 nitrogen and oxygen atoms in total. The number of imidazole rings is 1. The molecule has 0 aliphatic carbocycles. The zero-order valence-electron chi connectivity index (χ0n) is 18.9. The maximum Gasteiger partial charge on any atom is 0.254 e. The van der Waals surface area contributed by atoms with E-state index in [-0.39, 0.29) is 17.9 Å². The molecule has 0 spiro atoms. The van der Waals surface area contributed by atoms with Gasteiger partial charge in [-0.3, -0.25) is 18.9 Å². The molecule has 2 unspecified atom stereocenters. The quantitative estimate of drug-likeness (QED) is 0.614. The minimum absolute atomic E-state index is 0.0564. The second kappa shape index (κ2) is 8.48. The maximum atomic E-state index is 13.0. The van der Waals surface area contributed by atoms with E-state index in [2.05, 4.69) is 32.3 Å². The molecule has 2 atom stereocenters. The van der Waals surface area contributed by atoms with Crippen LogP contribution in [0.4, 0.5) is 0 Å². The molecule has 0 bridgehead atoms. The molecule has 0 saturated carbocycles. The van der Waals surface area contributed by atoms with Crippen LogP contribution in [0.2, 0.25) is 0 Å². The van der Waals surface area contributed by atoms with Gasteiger partial charge in [-0.2, -0.15) is 0 Å². The van der Waals surface area contributed by atoms with E-state index in [9.17, 15) is 14.7 Å². The number of rotatable bonds is 4. The number of hydrogen-bond acceptors (Lipinski definition) is 6. The number of benzene rings is 1. The highest BCUT2D eigenvalue weighted by Gasteiger charge is 2.39. The third-order valence-electron chi connectivity index (χ3n) is 7.51. The summed E-state index contributed by atoms with van der Waals surface area (Å²) >= 11 is 0. The van der Waals surface area contributed by atoms with E-state index >= 15 is 0 Å². The van der Waals surface area contributed by atoms with Crippen molar-refractivity contribution in [2.45, 2.75) is 57.0 Å². The zero-order valence-corrected chi connectivity index (χ0v) is 18.9. The minimum atomic E-state index is -1.01. The number of amides is 2. The van der Waals surface area contributed by atoms with Crippen LogP contribution in [0.25, 0.3) is 5.78 Å². The molecule has 2 fully saturated rings. The molecule has 0 radical (unpaired) electrons. The molecular weight excluding hydrogens is 432 g/mol. The van der Waals surface area contributed by atoms with Gasteiger partial charge >= 0.3 is 0 Å². The third-order valence-corrected chi connectivity index (χ3v) is 7.51. The van der Waals surface area contributed by atoms with E-state index in [1.54, 1.807) is 11.1 Å². The summed E-state index contributed by atoms with van der Waals surface area (Å²) in [5.41, 5.74) is 4.17. The fourth-order valence-corrected chi connectivity index (χ4v) is 5.63. The number of likely N-dealkylation sites (tertiary alicyclic amines) is 1. The van der Waals surface area contributed by atoms with Gasteiger partial charge in [0.15, 0.2) is 0 Å². The van der Waals surface area contributed by atoms with E-state index in [1.165, 1.54) is 5.56 Å². The fourth-order valence-electron chi connectivity index (χ4n) is 5.63. The summed E-state index contributed by atoms with van der Waals surface area (Å²) < 4.78 is 2.05. The lowest BCUT2D eigenvalue weighted by Crippen LogP contribution is -2.55. The molecule has 5 heterocycles. The first-order valence-electron chi connectivity index (χ1n) is 12.0. The second-order valence-electron chi connectivity index (χ2n) is 9.56. The molecule has 176 valence electrons. The number of carbonyl (C=O) groups excluding carboxylic acids is 2. The fraction of sp³-hybridized carbons (Fsp3) is 0.440. The number of hydrogen-bond donors (Lipinski definition) is 2. The predicted molar refractivity (Wildman–Crippen MR) is 124 cm³/mol. The van der Waals surface area contributed by atoms with E-state index in [4.69, 9.17) is 0 Å². The molecule has 1 aromatic carbocycles. The number of aliphatic hydroxyl groups excluding tert-OH is 1. The van der Waals surface area contributed by atoms with Gasteiger partial charge in [0.25, 0.3) is 5.91 Å². The Balaban J connectivity index is 1.11. The molecule has 34 heavy (non-hydrogen) atoms. The highest BCUT2D eigenvalue weighted by molar-refractivity contribution is 5.98. The van der Waals surface area contributed by atoms with Gasteiger partial charge in [-0.05, 0) is 61.5 Å². The van der Waals surface area contributed by atoms with Crippen molar-refractivity contribution in [3.63, 3.8) is 0 Å². The van der Waals surface area contributed by atoms with Gasteiger partial charge in [0, 0.05) is 37.5 Å². The lowest BCUT2D eigenvalue weighted by atomic mass is 9.88. The molecule has 2 amide bonds. The predicted octanol–water partition coefficient (Wildman–Crippen LogP) is 1.66. The molecule has 2 aromatic heterocycles. The number of piperidine rings is 2. The van der Waals surface area contributed by atoms with Gasteiger partial charge in [0.05, 0.1) is 17.9 Å². The first-order valence-corrected chi connectivity index (χ1v) is 12.0. The van der Waals surface area contributed by atoms with Crippen molar-refractivity contribution in [3.8, 4) is 0 Å². The van der Waals surface area contributed by atoms with Crippen LogP contribution in [0, 0.1) is 0 Å². The Morgan fingerprint density at radius 1 is 1.12 bits per heavy atom. The molecule has 2 N–H and O–H groups in total. The van der Waals surface area contributed by atoms with Crippen molar-refractivity contribution in [1.82, 2.24) is 29.5 Å². The second-order valence-corrected chi connectivity index (χ2v) is 9.56. The Morgan fingerprint density at radius 3 is 2.79 bits per heavy atom. The van der Waals surface area contributed by atoms with Crippen molar-refractivity contribution in [2.24, 2.45) is 0 Å². The van der Waals surface area contributed by atoms with Crippen LogP contribution in [-0.4, -0.2) is 66.4 Å². The number of nitrogens with zero attached hydrogens (tertiary/aromatic N) is 5. The molecule has 2 saturated heterocycles. The molecule has 6 rings (SSSR count). The Labute approximate surface area is 197 Å². The SMILES string of the molecule is O=C1CCC(N2Cc3cc(C4CCN(Cc5cnc6ncccn56)CC4)ccc3C2=O)C(O)N1. The number of aliphatic hydroxyl groups is 1. The average molecular weight is 461 g/mol. The summed E-state index contributed by atoms with van der Waals surface area (Å²) in [6, 6.07) is 7.76. The van der Waals surface area contributed by atoms with Crippen molar-refractivity contribution in [3.05, 3.63) is 65.2 Å². The number of fused-ring (bicyclic) bond motifs is 2. The first kappa shape index (κ1) is 21.2. The largest absolute Gasteiger partial charge is 0.372 e. The van der Waals surface area contributed by atoms with Gasteiger partial charge in [-0.15, -0.1) is 0 Å². The van der Waals surface area contributed by atoms with Crippen molar-refractivity contribution >= 4 is 17.6 Å². The van der Waals surface area contributed by atoms with Gasteiger partial charge in [0.2, 0.25) is 11.7 Å². The number of carbonyl (C=O) groups is 2. The van der Waals surface area contributed by atoms with Gasteiger partial charge in [-0.25, -0.2) is 9.97 Å². The standard InChI is InChI=1S/C25H28N6O3/c32-22-5-4-21(23(33)28-22)31-14-18-12-17(2-3-20(18)24(31)34)16-6-10-29(11-7-16)15-19-13-27-25-26-8-1-9-30(19)25/h1-3,8-9,12-13,16,21,23,33H,4-7,10-11,14-15H2,(H,28,32). The summed E-state index contributed by atoms with van der Waals surface area (Å²) in [6.07, 6.45) is 7.62. The Kier molecular flexibility index (Phi) is 5.30. The van der Waals surface area contributed by atoms with E-state index < -0.39 is 6.23 Å². The van der Waals surface area contributed by atoms with E-state index in [0.717, 1.165) is 49.5 Å². The van der Waals surface area contributed by atoms with Crippen LogP contribution in [0.3, 0.4) is 0 Å². The molecule has 3 aliphatic rings. The van der Waals surface area contributed by atoms with Crippen LogP contribution < -0.4 is 5.32 Å².